The molecule has 1 unspecified atom stereocenters. The Kier molecular flexibility index (Phi) is 5.60. The molecular formula is C19H21N5O2. The van der Waals surface area contributed by atoms with Crippen molar-refractivity contribution in [2.45, 2.75) is 19.5 Å². The molecule has 3 N–H and O–H groups in total. The first-order valence-corrected chi connectivity index (χ1v) is 8.30. The van der Waals surface area contributed by atoms with Gasteiger partial charge in [-0.05, 0) is 42.3 Å². The van der Waals surface area contributed by atoms with Crippen LogP contribution in [0, 0.1) is 0 Å². The number of benzene rings is 2. The first-order chi connectivity index (χ1) is 12.6. The Hall–Kier alpha value is -3.19. The topological polar surface area (TPSA) is 95.1 Å². The van der Waals surface area contributed by atoms with E-state index in [1.807, 2.05) is 36.4 Å². The first kappa shape index (κ1) is 17.6. The Bertz CT molecular complexity index is 829. The van der Waals surface area contributed by atoms with Gasteiger partial charge < -0.3 is 15.8 Å². The quantitative estimate of drug-likeness (QED) is 0.647. The smallest absolute Gasteiger partial charge is 0.255 e. The van der Waals surface area contributed by atoms with Crippen molar-refractivity contribution in [1.29, 1.82) is 0 Å². The SMILES string of the molecule is CC(NCc1ccc(OCC(N)=O)cc1)c1ccc(-n2cncn2)cc1. The summed E-state index contributed by atoms with van der Waals surface area (Å²) in [4.78, 5) is 14.7. The lowest BCUT2D eigenvalue weighted by Crippen LogP contribution is -2.20. The third-order valence-electron chi connectivity index (χ3n) is 3.99. The predicted molar refractivity (Wildman–Crippen MR) is 97.7 cm³/mol. The van der Waals surface area contributed by atoms with Crippen LogP contribution in [0.2, 0.25) is 0 Å². The second-order valence-electron chi connectivity index (χ2n) is 5.93. The van der Waals surface area contributed by atoms with Gasteiger partial charge in [0.25, 0.3) is 5.91 Å². The Labute approximate surface area is 151 Å². The summed E-state index contributed by atoms with van der Waals surface area (Å²) in [5.41, 5.74) is 8.36. The summed E-state index contributed by atoms with van der Waals surface area (Å²) in [6.07, 6.45) is 3.19. The summed E-state index contributed by atoms with van der Waals surface area (Å²) in [7, 11) is 0. The number of aromatic nitrogens is 3. The van der Waals surface area contributed by atoms with Crippen molar-refractivity contribution in [1.82, 2.24) is 20.1 Å². The molecule has 0 spiro atoms. The highest BCUT2D eigenvalue weighted by Gasteiger charge is 2.06. The zero-order valence-electron chi connectivity index (χ0n) is 14.5. The molecule has 1 aromatic heterocycles. The van der Waals surface area contributed by atoms with Crippen LogP contribution in [-0.4, -0.2) is 27.3 Å². The number of amides is 1. The van der Waals surface area contributed by atoms with Crippen molar-refractivity contribution in [3.63, 3.8) is 0 Å². The van der Waals surface area contributed by atoms with Gasteiger partial charge in [-0.3, -0.25) is 4.79 Å². The van der Waals surface area contributed by atoms with E-state index in [1.165, 1.54) is 11.9 Å². The second-order valence-corrected chi connectivity index (χ2v) is 5.93. The van der Waals surface area contributed by atoms with E-state index in [1.54, 1.807) is 11.0 Å². The standard InChI is InChI=1S/C19H21N5O2/c1-14(16-4-6-17(7-5-16)24-13-21-12-23-24)22-10-15-2-8-18(9-3-15)26-11-19(20)25/h2-9,12-14,22H,10-11H2,1H3,(H2,20,25). The third kappa shape index (κ3) is 4.67. The van der Waals surface area contributed by atoms with Gasteiger partial charge in [0.15, 0.2) is 6.61 Å². The number of hydrogen-bond acceptors (Lipinski definition) is 5. The molecule has 2 aromatic carbocycles. The highest BCUT2D eigenvalue weighted by atomic mass is 16.5. The van der Waals surface area contributed by atoms with E-state index >= 15 is 0 Å². The molecule has 0 aliphatic heterocycles. The molecule has 0 aliphatic carbocycles. The van der Waals surface area contributed by atoms with Crippen molar-refractivity contribution in [3.8, 4) is 11.4 Å². The van der Waals surface area contributed by atoms with Crippen LogP contribution in [-0.2, 0) is 11.3 Å². The van der Waals surface area contributed by atoms with Gasteiger partial charge >= 0.3 is 0 Å². The highest BCUT2D eigenvalue weighted by Crippen LogP contribution is 2.17. The number of nitrogens with two attached hydrogens (primary N) is 1. The van der Waals surface area contributed by atoms with Crippen LogP contribution in [0.25, 0.3) is 5.69 Å². The Morgan fingerprint density at radius 3 is 2.54 bits per heavy atom. The van der Waals surface area contributed by atoms with E-state index in [9.17, 15) is 4.79 Å². The van der Waals surface area contributed by atoms with Crippen LogP contribution in [0.1, 0.15) is 24.1 Å². The maximum Gasteiger partial charge on any atom is 0.255 e. The molecule has 134 valence electrons. The Morgan fingerprint density at radius 2 is 1.92 bits per heavy atom. The number of nitrogens with one attached hydrogen (secondary N) is 1. The van der Waals surface area contributed by atoms with E-state index in [-0.39, 0.29) is 12.6 Å². The van der Waals surface area contributed by atoms with Crippen molar-refractivity contribution < 1.29 is 9.53 Å². The Balaban J connectivity index is 1.53. The van der Waals surface area contributed by atoms with Gasteiger partial charge in [-0.1, -0.05) is 24.3 Å². The summed E-state index contributed by atoms with van der Waals surface area (Å²) in [5.74, 6) is 0.142. The van der Waals surface area contributed by atoms with Gasteiger partial charge in [-0.25, -0.2) is 9.67 Å². The largest absolute Gasteiger partial charge is 0.484 e. The fourth-order valence-corrected chi connectivity index (χ4v) is 2.50. The normalized spacial score (nSPS) is 11.9. The van der Waals surface area contributed by atoms with E-state index in [4.69, 9.17) is 10.5 Å². The zero-order chi connectivity index (χ0) is 18.4. The highest BCUT2D eigenvalue weighted by molar-refractivity contribution is 5.75. The monoisotopic (exact) mass is 351 g/mol. The minimum atomic E-state index is -0.487. The van der Waals surface area contributed by atoms with Gasteiger partial charge in [-0.15, -0.1) is 0 Å². The molecule has 0 radical (unpaired) electrons. The summed E-state index contributed by atoms with van der Waals surface area (Å²) >= 11 is 0. The predicted octanol–water partition coefficient (Wildman–Crippen LogP) is 1.98. The molecule has 0 saturated carbocycles. The molecule has 3 aromatic rings. The van der Waals surface area contributed by atoms with Crippen LogP contribution < -0.4 is 15.8 Å². The number of carbonyl (C=O) groups excluding carboxylic acids is 1. The van der Waals surface area contributed by atoms with Crippen molar-refractivity contribution in [2.75, 3.05) is 6.61 Å². The van der Waals surface area contributed by atoms with E-state index in [0.29, 0.717) is 5.75 Å². The number of nitrogens with zero attached hydrogens (tertiary/aromatic N) is 3. The number of hydrogen-bond donors (Lipinski definition) is 2. The molecule has 0 aliphatic rings. The van der Waals surface area contributed by atoms with E-state index < -0.39 is 5.91 Å². The molecule has 0 fully saturated rings. The van der Waals surface area contributed by atoms with Gasteiger partial charge in [0.1, 0.15) is 18.4 Å². The summed E-state index contributed by atoms with van der Waals surface area (Å²) in [5, 5.41) is 7.61. The van der Waals surface area contributed by atoms with E-state index in [0.717, 1.165) is 17.8 Å². The second kappa shape index (κ2) is 8.26. The third-order valence-corrected chi connectivity index (χ3v) is 3.99. The molecule has 26 heavy (non-hydrogen) atoms. The fraction of sp³-hybridized carbons (Fsp3) is 0.211. The van der Waals surface area contributed by atoms with Gasteiger partial charge in [-0.2, -0.15) is 5.10 Å². The molecule has 7 nitrogen and oxygen atoms in total. The molecule has 0 bridgehead atoms. The average Bonchev–Trinajstić information content (AvgIpc) is 3.20. The van der Waals surface area contributed by atoms with Gasteiger partial charge in [0, 0.05) is 12.6 Å². The summed E-state index contributed by atoms with van der Waals surface area (Å²) in [6.45, 7) is 2.73. The maximum absolute atomic E-state index is 10.7. The van der Waals surface area contributed by atoms with Crippen LogP contribution >= 0.6 is 0 Å². The van der Waals surface area contributed by atoms with Gasteiger partial charge in [0.05, 0.1) is 5.69 Å². The summed E-state index contributed by atoms with van der Waals surface area (Å²) < 4.78 is 6.98. The van der Waals surface area contributed by atoms with Crippen molar-refractivity contribution in [3.05, 3.63) is 72.3 Å². The number of primary amides is 1. The minimum absolute atomic E-state index is 0.112. The van der Waals surface area contributed by atoms with Crippen LogP contribution in [0.4, 0.5) is 0 Å². The van der Waals surface area contributed by atoms with Crippen molar-refractivity contribution >= 4 is 5.91 Å². The summed E-state index contributed by atoms with van der Waals surface area (Å²) in [6, 6.07) is 16.0. The van der Waals surface area contributed by atoms with Crippen LogP contribution in [0.3, 0.4) is 0 Å². The Morgan fingerprint density at radius 1 is 1.19 bits per heavy atom. The van der Waals surface area contributed by atoms with Gasteiger partial charge in [0.2, 0.25) is 0 Å². The lowest BCUT2D eigenvalue weighted by molar-refractivity contribution is -0.119. The number of carbonyl (C=O) groups is 1. The van der Waals surface area contributed by atoms with Crippen LogP contribution in [0.15, 0.2) is 61.2 Å². The molecule has 7 heteroatoms. The van der Waals surface area contributed by atoms with E-state index in [2.05, 4.69) is 34.5 Å². The average molecular weight is 351 g/mol. The maximum atomic E-state index is 10.7. The van der Waals surface area contributed by atoms with Crippen LogP contribution in [0.5, 0.6) is 5.75 Å². The fourth-order valence-electron chi connectivity index (χ4n) is 2.50. The first-order valence-electron chi connectivity index (χ1n) is 8.30. The number of ether oxygens (including phenoxy) is 1. The molecule has 1 heterocycles. The lowest BCUT2D eigenvalue weighted by Gasteiger charge is -2.15. The minimum Gasteiger partial charge on any atom is -0.484 e. The molecular weight excluding hydrogens is 330 g/mol. The number of rotatable bonds is 8. The molecule has 1 amide bonds. The molecule has 3 rings (SSSR count). The van der Waals surface area contributed by atoms with Crippen molar-refractivity contribution in [2.24, 2.45) is 5.73 Å². The zero-order valence-corrected chi connectivity index (χ0v) is 14.5. The lowest BCUT2D eigenvalue weighted by atomic mass is 10.1. The molecule has 1 atom stereocenters. The molecule has 0 saturated heterocycles.